The predicted molar refractivity (Wildman–Crippen MR) is 145 cm³/mol. The van der Waals surface area contributed by atoms with Crippen LogP contribution in [0, 0.1) is 5.92 Å². The van der Waals surface area contributed by atoms with Crippen LogP contribution < -0.4 is 10.5 Å². The third-order valence-corrected chi connectivity index (χ3v) is 9.05. The van der Waals surface area contributed by atoms with E-state index >= 15 is 0 Å². The van der Waals surface area contributed by atoms with Crippen molar-refractivity contribution in [3.05, 3.63) is 76.9 Å². The standard InChI is InChI=1S/C27H28N4O4S2/c28-37(33,34)35-13-18-11-17(12-24(18)32)22-14-36-26-25(22)29-15-30-27(26)31-23-10-9-20-19(7-4-8-21(20)23)16-5-2-1-3-6-16/h1-8,14-15,17-18,23-24,32H,9-13H2,(H2,28,33,34)(H,29,30,31). The van der Waals surface area contributed by atoms with Gasteiger partial charge in [-0.15, -0.1) is 11.3 Å². The molecule has 4 aromatic rings. The molecule has 6 rings (SSSR count). The number of benzene rings is 2. The molecule has 4 atom stereocenters. The van der Waals surface area contributed by atoms with Crippen molar-refractivity contribution in [2.75, 3.05) is 11.9 Å². The summed E-state index contributed by atoms with van der Waals surface area (Å²) in [4.78, 5) is 9.17. The van der Waals surface area contributed by atoms with Crippen molar-refractivity contribution in [1.29, 1.82) is 0 Å². The van der Waals surface area contributed by atoms with Crippen molar-refractivity contribution >= 4 is 37.7 Å². The summed E-state index contributed by atoms with van der Waals surface area (Å²) in [6.07, 6.45) is 4.05. The lowest BCUT2D eigenvalue weighted by Crippen LogP contribution is -2.24. The number of rotatable bonds is 7. The Kier molecular flexibility index (Phi) is 6.46. The summed E-state index contributed by atoms with van der Waals surface area (Å²) in [6, 6.07) is 17.2. The van der Waals surface area contributed by atoms with Crippen molar-refractivity contribution in [3.8, 4) is 11.1 Å². The van der Waals surface area contributed by atoms with E-state index in [0.29, 0.717) is 12.8 Å². The van der Waals surface area contributed by atoms with E-state index in [9.17, 15) is 13.5 Å². The Hall–Kier alpha value is -2.89. The maximum Gasteiger partial charge on any atom is 0.333 e. The molecule has 1 saturated carbocycles. The van der Waals surface area contributed by atoms with E-state index in [4.69, 9.17) is 9.32 Å². The SMILES string of the molecule is NS(=O)(=O)OCC1CC(c2csc3c(NC4CCc5c(-c6ccccc6)cccc54)ncnc23)CC1O. The molecule has 192 valence electrons. The molecule has 2 aromatic heterocycles. The van der Waals surface area contributed by atoms with Gasteiger partial charge in [0.25, 0.3) is 0 Å². The lowest BCUT2D eigenvalue weighted by Gasteiger charge is -2.16. The molecule has 2 aliphatic carbocycles. The number of anilines is 1. The maximum absolute atomic E-state index is 11.2. The first-order valence-electron chi connectivity index (χ1n) is 12.4. The first-order valence-corrected chi connectivity index (χ1v) is 14.7. The smallest absolute Gasteiger partial charge is 0.333 e. The number of nitrogens with two attached hydrogens (primary N) is 1. The fourth-order valence-corrected chi connectivity index (χ4v) is 7.26. The fraction of sp³-hybridized carbons (Fsp3) is 0.333. The molecular weight excluding hydrogens is 508 g/mol. The van der Waals surface area contributed by atoms with E-state index in [1.165, 1.54) is 22.3 Å². The zero-order chi connectivity index (χ0) is 25.6. The number of hydrogen-bond donors (Lipinski definition) is 3. The summed E-state index contributed by atoms with van der Waals surface area (Å²) in [7, 11) is -4.04. The van der Waals surface area contributed by atoms with Gasteiger partial charge in [0, 0.05) is 5.92 Å². The predicted octanol–water partition coefficient (Wildman–Crippen LogP) is 4.53. The summed E-state index contributed by atoms with van der Waals surface area (Å²) in [5.41, 5.74) is 7.15. The average Bonchev–Trinajstić information content (AvgIpc) is 3.60. The number of nitrogens with zero attached hydrogens (tertiary/aromatic N) is 2. The Balaban J connectivity index is 1.24. The van der Waals surface area contributed by atoms with Crippen LogP contribution in [0.5, 0.6) is 0 Å². The van der Waals surface area contributed by atoms with Gasteiger partial charge in [0.2, 0.25) is 0 Å². The molecule has 4 N–H and O–H groups in total. The molecule has 0 aliphatic heterocycles. The van der Waals surface area contributed by atoms with Crippen LogP contribution in [0.1, 0.15) is 47.9 Å². The molecule has 2 aliphatic rings. The van der Waals surface area contributed by atoms with Crippen LogP contribution in [-0.2, 0) is 20.9 Å². The van der Waals surface area contributed by atoms with Crippen LogP contribution in [0.3, 0.4) is 0 Å². The summed E-state index contributed by atoms with van der Waals surface area (Å²) >= 11 is 1.60. The summed E-state index contributed by atoms with van der Waals surface area (Å²) in [5, 5.41) is 21.2. The number of aliphatic hydroxyl groups is 1. The van der Waals surface area contributed by atoms with E-state index < -0.39 is 16.4 Å². The topological polar surface area (TPSA) is 127 Å². The van der Waals surface area contributed by atoms with Crippen LogP contribution in [-0.4, -0.2) is 36.2 Å². The molecule has 0 bridgehead atoms. The molecule has 8 nitrogen and oxygen atoms in total. The monoisotopic (exact) mass is 536 g/mol. The van der Waals surface area contributed by atoms with Gasteiger partial charge in [-0.2, -0.15) is 8.42 Å². The number of fused-ring (bicyclic) bond motifs is 2. The number of hydrogen-bond acceptors (Lipinski definition) is 8. The van der Waals surface area contributed by atoms with Gasteiger partial charge in [0.15, 0.2) is 0 Å². The Labute approximate surface area is 219 Å². The summed E-state index contributed by atoms with van der Waals surface area (Å²) in [6.45, 7) is -0.119. The molecule has 0 spiro atoms. The fourth-order valence-electron chi connectivity index (χ4n) is 5.84. The third kappa shape index (κ3) is 4.87. The second kappa shape index (κ2) is 9.77. The van der Waals surface area contributed by atoms with Gasteiger partial charge >= 0.3 is 10.3 Å². The minimum absolute atomic E-state index is 0.0567. The van der Waals surface area contributed by atoms with Crippen molar-refractivity contribution in [2.24, 2.45) is 11.1 Å². The molecular formula is C27H28N4O4S2. The number of thiophene rings is 1. The Morgan fingerprint density at radius 2 is 1.92 bits per heavy atom. The van der Waals surface area contributed by atoms with E-state index in [1.807, 2.05) is 6.07 Å². The Morgan fingerprint density at radius 1 is 1.08 bits per heavy atom. The van der Waals surface area contributed by atoms with E-state index in [-0.39, 0.29) is 24.5 Å². The van der Waals surface area contributed by atoms with Crippen LogP contribution >= 0.6 is 11.3 Å². The third-order valence-electron chi connectivity index (χ3n) is 7.59. The highest BCUT2D eigenvalue weighted by molar-refractivity contribution is 7.84. The van der Waals surface area contributed by atoms with E-state index in [1.54, 1.807) is 17.7 Å². The lowest BCUT2D eigenvalue weighted by molar-refractivity contribution is 0.101. The van der Waals surface area contributed by atoms with Crippen LogP contribution in [0.4, 0.5) is 5.82 Å². The molecule has 0 radical (unpaired) electrons. The number of aliphatic hydroxyl groups excluding tert-OH is 1. The van der Waals surface area contributed by atoms with E-state index in [0.717, 1.165) is 34.4 Å². The quantitative estimate of drug-likeness (QED) is 0.317. The summed E-state index contributed by atoms with van der Waals surface area (Å²) in [5.74, 6) is 0.574. The van der Waals surface area contributed by atoms with Gasteiger partial charge in [-0.05, 0) is 64.8 Å². The second-order valence-electron chi connectivity index (χ2n) is 9.84. The van der Waals surface area contributed by atoms with Gasteiger partial charge in [0.05, 0.1) is 29.0 Å². The molecule has 0 amide bonds. The van der Waals surface area contributed by atoms with Gasteiger partial charge in [-0.1, -0.05) is 48.5 Å². The second-order valence-corrected chi connectivity index (χ2v) is 11.9. The zero-order valence-electron chi connectivity index (χ0n) is 20.1. The molecule has 4 unspecified atom stereocenters. The van der Waals surface area contributed by atoms with Gasteiger partial charge < -0.3 is 10.4 Å². The molecule has 1 fully saturated rings. The highest BCUT2D eigenvalue weighted by atomic mass is 32.2. The Bertz CT molecular complexity index is 1540. The highest BCUT2D eigenvalue weighted by Gasteiger charge is 2.36. The van der Waals surface area contributed by atoms with Gasteiger partial charge in [0.1, 0.15) is 12.1 Å². The minimum Gasteiger partial charge on any atom is -0.393 e. The van der Waals surface area contributed by atoms with E-state index in [2.05, 4.69) is 63.1 Å². The van der Waals surface area contributed by atoms with Crippen molar-refractivity contribution in [2.45, 2.75) is 43.7 Å². The van der Waals surface area contributed by atoms with Crippen molar-refractivity contribution < 1.29 is 17.7 Å². The highest BCUT2D eigenvalue weighted by Crippen LogP contribution is 2.45. The maximum atomic E-state index is 11.2. The lowest BCUT2D eigenvalue weighted by atomic mass is 9.96. The first-order chi connectivity index (χ1) is 17.9. The first kappa shape index (κ1) is 24.4. The zero-order valence-corrected chi connectivity index (χ0v) is 21.7. The Morgan fingerprint density at radius 3 is 2.73 bits per heavy atom. The number of aromatic nitrogens is 2. The average molecular weight is 537 g/mol. The normalized spacial score (nSPS) is 23.4. The van der Waals surface area contributed by atoms with Crippen LogP contribution in [0.15, 0.2) is 60.2 Å². The number of nitrogens with one attached hydrogen (secondary N) is 1. The molecule has 0 saturated heterocycles. The summed E-state index contributed by atoms with van der Waals surface area (Å²) < 4.78 is 28.1. The largest absolute Gasteiger partial charge is 0.393 e. The van der Waals surface area contributed by atoms with Crippen LogP contribution in [0.25, 0.3) is 21.3 Å². The van der Waals surface area contributed by atoms with Gasteiger partial charge in [-0.3, -0.25) is 4.18 Å². The molecule has 37 heavy (non-hydrogen) atoms. The molecule has 2 heterocycles. The van der Waals surface area contributed by atoms with Gasteiger partial charge in [-0.25, -0.2) is 15.1 Å². The molecule has 2 aromatic carbocycles. The minimum atomic E-state index is -4.04. The van der Waals surface area contributed by atoms with Crippen molar-refractivity contribution in [3.63, 3.8) is 0 Å². The molecule has 10 heteroatoms. The van der Waals surface area contributed by atoms with Crippen LogP contribution in [0.2, 0.25) is 0 Å². The van der Waals surface area contributed by atoms with Crippen molar-refractivity contribution in [1.82, 2.24) is 9.97 Å².